The lowest BCUT2D eigenvalue weighted by molar-refractivity contribution is -0.385. The summed E-state index contributed by atoms with van der Waals surface area (Å²) in [6.07, 6.45) is -1.37. The Morgan fingerprint density at radius 1 is 1.02 bits per heavy atom. The largest absolute Gasteiger partial charge is 0.465 e. The van der Waals surface area contributed by atoms with Gasteiger partial charge in [-0.25, -0.2) is 9.59 Å². The summed E-state index contributed by atoms with van der Waals surface area (Å²) in [7, 11) is 0. The molecule has 1 saturated heterocycles. The Hall–Kier alpha value is -4.24. The number of nitro benzene ring substituents is 2. The third-order valence-electron chi connectivity index (χ3n) is 6.48. The van der Waals surface area contributed by atoms with Crippen molar-refractivity contribution in [3.63, 3.8) is 0 Å². The van der Waals surface area contributed by atoms with E-state index in [9.17, 15) is 39.7 Å². The van der Waals surface area contributed by atoms with E-state index in [-0.39, 0.29) is 54.6 Å². The number of rotatable bonds is 12. The summed E-state index contributed by atoms with van der Waals surface area (Å²) in [4.78, 5) is 60.0. The van der Waals surface area contributed by atoms with Gasteiger partial charge in [0.15, 0.2) is 5.12 Å². The first kappa shape index (κ1) is 32.3. The third-order valence-corrected chi connectivity index (χ3v) is 7.49. The van der Waals surface area contributed by atoms with Gasteiger partial charge in [-0.2, -0.15) is 0 Å². The minimum Gasteiger partial charge on any atom is -0.465 e. The molecule has 0 radical (unpaired) electrons. The number of nitro groups is 2. The quantitative estimate of drug-likeness (QED) is 0.258. The number of amides is 2. The summed E-state index contributed by atoms with van der Waals surface area (Å²) in [6.45, 7) is 5.04. The molecule has 2 aromatic rings. The lowest BCUT2D eigenvalue weighted by atomic mass is 10.1. The molecule has 1 aliphatic heterocycles. The van der Waals surface area contributed by atoms with Crippen LogP contribution in [-0.4, -0.2) is 78.6 Å². The van der Waals surface area contributed by atoms with Crippen LogP contribution in [-0.2, 0) is 27.4 Å². The fourth-order valence-corrected chi connectivity index (χ4v) is 5.50. The second kappa shape index (κ2) is 14.1. The van der Waals surface area contributed by atoms with Gasteiger partial charge in [0.2, 0.25) is 0 Å². The van der Waals surface area contributed by atoms with Crippen molar-refractivity contribution in [2.45, 2.75) is 57.2 Å². The van der Waals surface area contributed by atoms with Crippen molar-refractivity contribution >= 4 is 40.4 Å². The van der Waals surface area contributed by atoms with Gasteiger partial charge in [-0.3, -0.25) is 25.0 Å². The average molecular weight is 605 g/mol. The van der Waals surface area contributed by atoms with Crippen LogP contribution in [0.25, 0.3) is 0 Å². The van der Waals surface area contributed by atoms with Crippen molar-refractivity contribution in [3.8, 4) is 0 Å². The van der Waals surface area contributed by atoms with E-state index in [1.54, 1.807) is 13.8 Å². The molecule has 0 aromatic heterocycles. The highest BCUT2D eigenvalue weighted by molar-refractivity contribution is 8.14. The number of carboxylic acid groups (broad SMARTS) is 1. The van der Waals surface area contributed by atoms with Crippen molar-refractivity contribution in [3.05, 3.63) is 79.9 Å². The van der Waals surface area contributed by atoms with Crippen LogP contribution in [0, 0.1) is 20.2 Å². The topological polar surface area (TPSA) is 183 Å². The van der Waals surface area contributed by atoms with E-state index in [0.29, 0.717) is 17.5 Å². The molecular weight excluding hydrogens is 572 g/mol. The molecule has 2 atom stereocenters. The molecule has 42 heavy (non-hydrogen) atoms. The SMILES string of the molecule is CC(=O)S[C@H]1C[C@@H](COC(C)(C)CN(Cc2ccc([N+](=O)[O-])cc2)C(=O)O)N(C(=O)OCc2ccc([N+](=O)[O-])cc2)C1. The fourth-order valence-electron chi connectivity index (χ4n) is 4.48. The normalized spacial score (nSPS) is 16.6. The van der Waals surface area contributed by atoms with Crippen molar-refractivity contribution < 1.29 is 38.8 Å². The molecule has 0 saturated carbocycles. The highest BCUT2D eigenvalue weighted by Gasteiger charge is 2.39. The second-order valence-electron chi connectivity index (χ2n) is 10.4. The highest BCUT2D eigenvalue weighted by Crippen LogP contribution is 2.30. The molecule has 0 spiro atoms. The first-order chi connectivity index (χ1) is 19.7. The monoisotopic (exact) mass is 604 g/mol. The molecule has 1 fully saturated rings. The predicted octanol–water partition coefficient (Wildman–Crippen LogP) is 4.84. The van der Waals surface area contributed by atoms with Gasteiger partial charge < -0.3 is 24.4 Å². The third kappa shape index (κ3) is 9.41. The summed E-state index contributed by atoms with van der Waals surface area (Å²) in [5.41, 5.74) is -0.0147. The van der Waals surface area contributed by atoms with Crippen molar-refractivity contribution in [1.29, 1.82) is 0 Å². The van der Waals surface area contributed by atoms with Gasteiger partial charge in [0, 0.05) is 49.5 Å². The number of ether oxygens (including phenoxy) is 2. The van der Waals surface area contributed by atoms with Gasteiger partial charge in [-0.1, -0.05) is 23.9 Å². The number of benzene rings is 2. The first-order valence-electron chi connectivity index (χ1n) is 12.9. The Morgan fingerprint density at radius 2 is 1.57 bits per heavy atom. The second-order valence-corrected chi connectivity index (χ2v) is 11.9. The molecule has 0 unspecified atom stereocenters. The summed E-state index contributed by atoms with van der Waals surface area (Å²) < 4.78 is 11.6. The van der Waals surface area contributed by atoms with Gasteiger partial charge in [-0.05, 0) is 43.5 Å². The van der Waals surface area contributed by atoms with E-state index >= 15 is 0 Å². The van der Waals surface area contributed by atoms with Crippen LogP contribution in [0.4, 0.5) is 21.0 Å². The van der Waals surface area contributed by atoms with E-state index < -0.39 is 33.7 Å². The van der Waals surface area contributed by atoms with Gasteiger partial charge in [-0.15, -0.1) is 0 Å². The number of carbonyl (C=O) groups is 3. The lowest BCUT2D eigenvalue weighted by Crippen LogP contribution is -2.46. The van der Waals surface area contributed by atoms with Gasteiger partial charge >= 0.3 is 12.2 Å². The van der Waals surface area contributed by atoms with Crippen LogP contribution in [0.15, 0.2) is 48.5 Å². The van der Waals surface area contributed by atoms with Crippen molar-refractivity contribution in [2.24, 2.45) is 0 Å². The Morgan fingerprint density at radius 3 is 2.07 bits per heavy atom. The molecule has 0 aliphatic carbocycles. The van der Waals surface area contributed by atoms with E-state index in [2.05, 4.69) is 0 Å². The van der Waals surface area contributed by atoms with Crippen LogP contribution in [0.3, 0.4) is 0 Å². The molecule has 2 aromatic carbocycles. The Labute approximate surface area is 245 Å². The molecular formula is C27H32N4O10S. The Balaban J connectivity index is 1.63. The van der Waals surface area contributed by atoms with E-state index in [0.717, 1.165) is 16.7 Å². The maximum atomic E-state index is 13.0. The molecule has 14 nitrogen and oxygen atoms in total. The minimum atomic E-state index is -1.19. The van der Waals surface area contributed by atoms with E-state index in [4.69, 9.17) is 9.47 Å². The maximum Gasteiger partial charge on any atom is 0.410 e. The Kier molecular flexibility index (Phi) is 10.8. The fraction of sp³-hybridized carbons (Fsp3) is 0.444. The number of hydrogen-bond donors (Lipinski definition) is 1. The number of likely N-dealkylation sites (tertiary alicyclic amines) is 1. The van der Waals surface area contributed by atoms with Crippen LogP contribution in [0.5, 0.6) is 0 Å². The van der Waals surface area contributed by atoms with Gasteiger partial charge in [0.1, 0.15) is 6.61 Å². The maximum absolute atomic E-state index is 13.0. The summed E-state index contributed by atoms with van der Waals surface area (Å²) >= 11 is 1.12. The minimum absolute atomic E-state index is 0.0119. The molecule has 1 heterocycles. The molecule has 0 bridgehead atoms. The van der Waals surface area contributed by atoms with E-state index in [1.807, 2.05) is 0 Å². The highest BCUT2D eigenvalue weighted by atomic mass is 32.2. The molecule has 226 valence electrons. The van der Waals surface area contributed by atoms with Gasteiger partial charge in [0.05, 0.1) is 34.6 Å². The standard InChI is InChI=1S/C27H32N4O10S/c1-18(32)42-24-12-23(29(14-24)26(35)40-15-20-6-10-22(11-7-20)31(38)39)16-41-27(2,3)17-28(25(33)34)13-19-4-8-21(9-5-19)30(36)37/h4-11,23-24H,12-17H2,1-3H3,(H,33,34)/t23-,24-/m0/s1. The summed E-state index contributed by atoms with van der Waals surface area (Å²) in [6, 6.07) is 10.8. The number of carbonyl (C=O) groups excluding carboxylic acids is 2. The van der Waals surface area contributed by atoms with Crippen LogP contribution in [0.2, 0.25) is 0 Å². The van der Waals surface area contributed by atoms with E-state index in [1.165, 1.54) is 60.4 Å². The number of thioether (sulfide) groups is 1. The molecule has 1 N–H and O–H groups in total. The zero-order chi connectivity index (χ0) is 31.0. The van der Waals surface area contributed by atoms with Crippen LogP contribution < -0.4 is 0 Å². The lowest BCUT2D eigenvalue weighted by Gasteiger charge is -2.33. The molecule has 1 aliphatic rings. The zero-order valence-electron chi connectivity index (χ0n) is 23.3. The summed E-state index contributed by atoms with van der Waals surface area (Å²) in [5, 5.41) is 31.3. The zero-order valence-corrected chi connectivity index (χ0v) is 24.2. The van der Waals surface area contributed by atoms with Crippen molar-refractivity contribution in [2.75, 3.05) is 19.7 Å². The first-order valence-corrected chi connectivity index (χ1v) is 13.8. The average Bonchev–Trinajstić information content (AvgIpc) is 3.32. The molecule has 15 heteroatoms. The molecule has 3 rings (SSSR count). The smallest absolute Gasteiger partial charge is 0.410 e. The number of hydrogen-bond acceptors (Lipinski definition) is 10. The number of non-ortho nitro benzene ring substituents is 2. The summed E-state index contributed by atoms with van der Waals surface area (Å²) in [5.74, 6) is 0. The predicted molar refractivity (Wildman–Crippen MR) is 152 cm³/mol. The number of nitrogens with zero attached hydrogens (tertiary/aromatic N) is 4. The van der Waals surface area contributed by atoms with Crippen molar-refractivity contribution in [1.82, 2.24) is 9.80 Å². The molecule has 2 amide bonds. The Bertz CT molecular complexity index is 1300. The van der Waals surface area contributed by atoms with Crippen LogP contribution in [0.1, 0.15) is 38.3 Å². The van der Waals surface area contributed by atoms with Gasteiger partial charge in [0.25, 0.3) is 11.4 Å². The van der Waals surface area contributed by atoms with Crippen LogP contribution >= 0.6 is 11.8 Å².